The molecular weight excluding hydrogens is 472 g/mol. The Morgan fingerprint density at radius 3 is 2.53 bits per heavy atom. The summed E-state index contributed by atoms with van der Waals surface area (Å²) in [4.78, 5) is 19.7. The summed E-state index contributed by atoms with van der Waals surface area (Å²) < 4.78 is 5.77. The summed E-state index contributed by atoms with van der Waals surface area (Å²) in [5.74, 6) is 0.879. The summed E-state index contributed by atoms with van der Waals surface area (Å²) in [5.41, 5.74) is 5.67. The van der Waals surface area contributed by atoms with Gasteiger partial charge in [-0.25, -0.2) is 4.79 Å². The quantitative estimate of drug-likeness (QED) is 0.303. The molecule has 182 valence electrons. The number of rotatable bonds is 7. The highest BCUT2D eigenvalue weighted by Crippen LogP contribution is 2.38. The topological polar surface area (TPSA) is 71.3 Å². The molecule has 0 saturated carbocycles. The average molecular weight is 499 g/mol. The van der Waals surface area contributed by atoms with Gasteiger partial charge in [0.1, 0.15) is 0 Å². The fraction of sp³-hybridized carbons (Fsp3) is 0.207. The van der Waals surface area contributed by atoms with Crippen LogP contribution in [0.4, 0.5) is 4.79 Å². The molecule has 0 saturated heterocycles. The van der Waals surface area contributed by atoms with Crippen molar-refractivity contribution in [3.63, 3.8) is 0 Å². The number of hydrogen-bond donors (Lipinski definition) is 1. The van der Waals surface area contributed by atoms with Gasteiger partial charge < -0.3 is 9.84 Å². The summed E-state index contributed by atoms with van der Waals surface area (Å²) in [5, 5.41) is 7.97. The van der Waals surface area contributed by atoms with Gasteiger partial charge in [0.05, 0.1) is 11.6 Å². The minimum Gasteiger partial charge on any atom is -0.334 e. The molecule has 7 heteroatoms. The number of aryl methyl sites for hydroxylation is 2. The van der Waals surface area contributed by atoms with Gasteiger partial charge >= 0.3 is 6.03 Å². The average Bonchev–Trinajstić information content (AvgIpc) is 3.36. The van der Waals surface area contributed by atoms with Crippen molar-refractivity contribution in [3.8, 4) is 11.4 Å². The number of nitrogens with zero attached hydrogens (tertiary/aromatic N) is 3. The number of amides is 2. The fourth-order valence-electron chi connectivity index (χ4n) is 4.50. The first kappa shape index (κ1) is 23.8. The number of carbonyl (C=O) groups excluding carboxylic acids is 1. The SMILES string of the molecule is CC1=C(c2nc(-c3ccc(C)cc3)no2)C(c2cccc(Cl)c2)NC(=O)N1CCCc1ccccc1. The molecule has 0 bridgehead atoms. The number of carbonyl (C=O) groups is 1. The number of allylic oxidation sites excluding steroid dienone is 1. The number of urea groups is 1. The number of aromatic nitrogens is 2. The summed E-state index contributed by atoms with van der Waals surface area (Å²) in [6, 6.07) is 25.1. The lowest BCUT2D eigenvalue weighted by atomic mass is 9.94. The molecule has 4 aromatic rings. The second kappa shape index (κ2) is 10.4. The number of halogens is 1. The van der Waals surface area contributed by atoms with Gasteiger partial charge in [-0.05, 0) is 49.9 Å². The maximum atomic E-state index is 13.2. The number of hydrogen-bond acceptors (Lipinski definition) is 4. The predicted molar refractivity (Wildman–Crippen MR) is 141 cm³/mol. The van der Waals surface area contributed by atoms with E-state index in [-0.39, 0.29) is 6.03 Å². The van der Waals surface area contributed by atoms with Crippen molar-refractivity contribution in [3.05, 3.63) is 112 Å². The van der Waals surface area contributed by atoms with Crippen LogP contribution in [-0.2, 0) is 6.42 Å². The predicted octanol–water partition coefficient (Wildman–Crippen LogP) is 6.83. The van der Waals surface area contributed by atoms with Gasteiger partial charge in [-0.15, -0.1) is 0 Å². The fourth-order valence-corrected chi connectivity index (χ4v) is 4.70. The van der Waals surface area contributed by atoms with Crippen molar-refractivity contribution >= 4 is 23.2 Å². The summed E-state index contributed by atoms with van der Waals surface area (Å²) in [6.45, 7) is 4.54. The molecule has 1 aliphatic heterocycles. The van der Waals surface area contributed by atoms with Crippen molar-refractivity contribution in [2.45, 2.75) is 32.7 Å². The lowest BCUT2D eigenvalue weighted by Crippen LogP contribution is -2.46. The number of benzene rings is 3. The summed E-state index contributed by atoms with van der Waals surface area (Å²) >= 11 is 6.29. The molecule has 1 N–H and O–H groups in total. The third-order valence-corrected chi connectivity index (χ3v) is 6.67. The van der Waals surface area contributed by atoms with Crippen molar-refractivity contribution in [1.82, 2.24) is 20.4 Å². The van der Waals surface area contributed by atoms with Gasteiger partial charge in [0.15, 0.2) is 0 Å². The van der Waals surface area contributed by atoms with E-state index in [4.69, 9.17) is 21.1 Å². The second-order valence-electron chi connectivity index (χ2n) is 8.97. The van der Waals surface area contributed by atoms with Crippen LogP contribution in [0, 0.1) is 6.92 Å². The first-order valence-corrected chi connectivity index (χ1v) is 12.4. The Labute approximate surface area is 215 Å². The first-order valence-electron chi connectivity index (χ1n) is 12.0. The van der Waals surface area contributed by atoms with Gasteiger partial charge in [0.2, 0.25) is 5.82 Å². The van der Waals surface area contributed by atoms with Gasteiger partial charge in [-0.2, -0.15) is 4.98 Å². The second-order valence-corrected chi connectivity index (χ2v) is 9.40. The number of nitrogens with one attached hydrogen (secondary N) is 1. The third kappa shape index (κ3) is 5.04. The monoisotopic (exact) mass is 498 g/mol. The standard InChI is InChI=1S/C29H27ClN4O2/c1-19-13-15-22(16-14-19)27-32-28(36-33-27)25-20(2)34(17-7-10-21-8-4-3-5-9-21)29(35)31-26(25)23-11-6-12-24(30)18-23/h3-6,8-9,11-16,18,26H,7,10,17H2,1-2H3,(H,31,35). The van der Waals surface area contributed by atoms with Crippen molar-refractivity contribution in [2.75, 3.05) is 6.54 Å². The first-order chi connectivity index (χ1) is 17.5. The molecule has 0 aliphatic carbocycles. The summed E-state index contributed by atoms with van der Waals surface area (Å²) in [6.07, 6.45) is 1.70. The van der Waals surface area contributed by atoms with Crippen molar-refractivity contribution < 1.29 is 9.32 Å². The zero-order valence-corrected chi connectivity index (χ0v) is 21.0. The van der Waals surface area contributed by atoms with Gasteiger partial charge in [-0.1, -0.05) is 89.1 Å². The molecule has 6 nitrogen and oxygen atoms in total. The Morgan fingerprint density at radius 2 is 1.78 bits per heavy atom. The molecule has 1 aliphatic rings. The van der Waals surface area contributed by atoms with E-state index in [9.17, 15) is 4.79 Å². The Morgan fingerprint density at radius 1 is 1.00 bits per heavy atom. The highest BCUT2D eigenvalue weighted by atomic mass is 35.5. The molecule has 1 atom stereocenters. The smallest absolute Gasteiger partial charge is 0.322 e. The molecule has 0 spiro atoms. The van der Waals surface area contributed by atoms with Crippen LogP contribution in [0.15, 0.2) is 89.1 Å². The highest BCUT2D eigenvalue weighted by Gasteiger charge is 2.35. The molecule has 1 unspecified atom stereocenters. The van der Waals surface area contributed by atoms with Crippen molar-refractivity contribution in [2.24, 2.45) is 0 Å². The van der Waals surface area contributed by atoms with Gasteiger partial charge in [0, 0.05) is 22.8 Å². The highest BCUT2D eigenvalue weighted by molar-refractivity contribution is 6.30. The van der Waals surface area contributed by atoms with E-state index in [2.05, 4.69) is 22.6 Å². The van der Waals surface area contributed by atoms with E-state index in [1.165, 1.54) is 5.56 Å². The molecule has 5 rings (SSSR count). The molecule has 0 radical (unpaired) electrons. The van der Waals surface area contributed by atoms with Crippen LogP contribution in [0.2, 0.25) is 5.02 Å². The van der Waals surface area contributed by atoms with E-state index in [0.717, 1.165) is 40.8 Å². The van der Waals surface area contributed by atoms with Gasteiger partial charge in [-0.3, -0.25) is 4.90 Å². The van der Waals surface area contributed by atoms with E-state index in [0.29, 0.717) is 23.3 Å². The minimum atomic E-state index is -0.465. The molecule has 0 fully saturated rings. The van der Waals surface area contributed by atoms with E-state index >= 15 is 0 Å². The Kier molecular flexibility index (Phi) is 6.87. The Balaban J connectivity index is 1.49. The minimum absolute atomic E-state index is 0.160. The maximum Gasteiger partial charge on any atom is 0.322 e. The molecule has 1 aromatic heterocycles. The van der Waals surface area contributed by atoms with Crippen LogP contribution in [-0.4, -0.2) is 27.6 Å². The zero-order chi connectivity index (χ0) is 25.1. The molecule has 3 aromatic carbocycles. The molecule has 2 heterocycles. The van der Waals surface area contributed by atoms with Crippen LogP contribution in [0.3, 0.4) is 0 Å². The summed E-state index contributed by atoms with van der Waals surface area (Å²) in [7, 11) is 0. The normalized spacial score (nSPS) is 15.8. The third-order valence-electron chi connectivity index (χ3n) is 6.43. The lowest BCUT2D eigenvalue weighted by Gasteiger charge is -2.35. The largest absolute Gasteiger partial charge is 0.334 e. The van der Waals surface area contributed by atoms with Crippen molar-refractivity contribution in [1.29, 1.82) is 0 Å². The van der Waals surface area contributed by atoms with E-state index < -0.39 is 6.04 Å². The molecular formula is C29H27ClN4O2. The van der Waals surface area contributed by atoms with Crippen LogP contribution >= 0.6 is 11.6 Å². The van der Waals surface area contributed by atoms with Crippen LogP contribution in [0.5, 0.6) is 0 Å². The zero-order valence-electron chi connectivity index (χ0n) is 20.2. The van der Waals surface area contributed by atoms with Crippen LogP contribution < -0.4 is 5.32 Å². The van der Waals surface area contributed by atoms with E-state index in [1.54, 1.807) is 4.90 Å². The lowest BCUT2D eigenvalue weighted by molar-refractivity contribution is 0.204. The van der Waals surface area contributed by atoms with E-state index in [1.807, 2.05) is 80.6 Å². The molecule has 2 amide bonds. The van der Waals surface area contributed by atoms with Crippen LogP contribution in [0.25, 0.3) is 17.0 Å². The Hall–Kier alpha value is -3.90. The maximum absolute atomic E-state index is 13.2. The van der Waals surface area contributed by atoms with Gasteiger partial charge in [0.25, 0.3) is 5.89 Å². The molecule has 36 heavy (non-hydrogen) atoms. The van der Waals surface area contributed by atoms with Crippen LogP contribution in [0.1, 0.15) is 42.0 Å². The Bertz CT molecular complexity index is 1400.